The Hall–Kier alpha value is -3.23. The highest BCUT2D eigenvalue weighted by atomic mass is 19.4. The highest BCUT2D eigenvalue weighted by molar-refractivity contribution is 6.16. The lowest BCUT2D eigenvalue weighted by Crippen LogP contribution is -2.63. The molecule has 3 rings (SSSR count). The molecule has 0 aromatic heterocycles. The van der Waals surface area contributed by atoms with Gasteiger partial charge >= 0.3 is 11.8 Å². The first-order valence-corrected chi connectivity index (χ1v) is 7.76. The van der Waals surface area contributed by atoms with Crippen molar-refractivity contribution in [2.24, 2.45) is 4.99 Å². The normalized spacial score (nSPS) is 19.4. The molecule has 0 radical (unpaired) electrons. The topological polar surface area (TPSA) is 70.6 Å². The van der Waals surface area contributed by atoms with Crippen molar-refractivity contribution in [3.8, 4) is 0 Å². The molecule has 2 aromatic rings. The van der Waals surface area contributed by atoms with E-state index in [1.807, 2.05) is 5.32 Å². The number of nitrogens with one attached hydrogen (secondary N) is 2. The standard InChI is InChI=1S/C18H13F4N3O2/c1-10-6-8-11(9-7-10)15(26)25-17(18(20,21)22)16(27)23-14(24-17)12-4-2-3-5-13(12)19/h2-9H,1H3,(H,25,26)(H,23,24,27)/t17-/m0/s1. The lowest BCUT2D eigenvalue weighted by atomic mass is 10.1. The van der Waals surface area contributed by atoms with Crippen molar-refractivity contribution in [1.29, 1.82) is 0 Å². The minimum absolute atomic E-state index is 0.0773. The molecule has 0 fully saturated rings. The molecule has 0 saturated heterocycles. The molecule has 0 bridgehead atoms. The molecule has 5 nitrogen and oxygen atoms in total. The Bertz CT molecular complexity index is 938. The molecule has 0 unspecified atom stereocenters. The Morgan fingerprint density at radius 1 is 1.11 bits per heavy atom. The first-order valence-electron chi connectivity index (χ1n) is 7.76. The highest BCUT2D eigenvalue weighted by Gasteiger charge is 2.65. The molecule has 27 heavy (non-hydrogen) atoms. The zero-order valence-corrected chi connectivity index (χ0v) is 13.9. The van der Waals surface area contributed by atoms with Gasteiger partial charge in [0.05, 0.1) is 5.56 Å². The van der Waals surface area contributed by atoms with E-state index in [0.29, 0.717) is 0 Å². The third-order valence-electron chi connectivity index (χ3n) is 3.99. The minimum Gasteiger partial charge on any atom is -0.312 e. The van der Waals surface area contributed by atoms with E-state index < -0.39 is 35.3 Å². The van der Waals surface area contributed by atoms with Gasteiger partial charge in [0.25, 0.3) is 11.8 Å². The van der Waals surface area contributed by atoms with Gasteiger partial charge in [-0.2, -0.15) is 13.2 Å². The Kier molecular flexibility index (Phi) is 4.46. The highest BCUT2D eigenvalue weighted by Crippen LogP contribution is 2.35. The third kappa shape index (κ3) is 3.27. The van der Waals surface area contributed by atoms with Gasteiger partial charge in [-0.15, -0.1) is 0 Å². The maximum absolute atomic E-state index is 13.9. The van der Waals surface area contributed by atoms with E-state index >= 15 is 0 Å². The van der Waals surface area contributed by atoms with Crippen LogP contribution in [0.5, 0.6) is 0 Å². The van der Waals surface area contributed by atoms with Crippen LogP contribution in [0.25, 0.3) is 0 Å². The van der Waals surface area contributed by atoms with Crippen LogP contribution in [0.3, 0.4) is 0 Å². The summed E-state index contributed by atoms with van der Waals surface area (Å²) in [4.78, 5) is 27.8. The number of amidine groups is 1. The average Bonchev–Trinajstić information content (AvgIpc) is 2.93. The van der Waals surface area contributed by atoms with Crippen LogP contribution in [0.4, 0.5) is 17.6 Å². The lowest BCUT2D eigenvalue weighted by molar-refractivity contribution is -0.192. The van der Waals surface area contributed by atoms with E-state index in [1.54, 1.807) is 12.2 Å². The van der Waals surface area contributed by atoms with E-state index in [0.717, 1.165) is 11.6 Å². The number of hydrogen-bond donors (Lipinski definition) is 2. The number of benzene rings is 2. The zero-order valence-electron chi connectivity index (χ0n) is 13.9. The molecule has 140 valence electrons. The van der Waals surface area contributed by atoms with Crippen LogP contribution in [0, 0.1) is 12.7 Å². The van der Waals surface area contributed by atoms with Gasteiger partial charge < -0.3 is 10.6 Å². The van der Waals surface area contributed by atoms with Crippen LogP contribution in [-0.4, -0.2) is 29.5 Å². The summed E-state index contributed by atoms with van der Waals surface area (Å²) in [6, 6.07) is 10.6. The fraction of sp³-hybridized carbons (Fsp3) is 0.167. The second-order valence-corrected chi connectivity index (χ2v) is 5.92. The number of carbonyl (C=O) groups is 2. The van der Waals surface area contributed by atoms with Crippen LogP contribution in [-0.2, 0) is 4.79 Å². The second kappa shape index (κ2) is 6.49. The second-order valence-electron chi connectivity index (χ2n) is 5.92. The molecule has 0 spiro atoms. The van der Waals surface area contributed by atoms with Crippen molar-refractivity contribution in [1.82, 2.24) is 10.6 Å². The molecule has 1 atom stereocenters. The van der Waals surface area contributed by atoms with Gasteiger partial charge in [-0.05, 0) is 31.2 Å². The van der Waals surface area contributed by atoms with Crippen molar-refractivity contribution in [3.63, 3.8) is 0 Å². The van der Waals surface area contributed by atoms with E-state index in [9.17, 15) is 27.2 Å². The predicted octanol–water partition coefficient (Wildman–Crippen LogP) is 2.70. The molecular formula is C18H13F4N3O2. The maximum Gasteiger partial charge on any atom is 0.442 e. The average molecular weight is 379 g/mol. The first kappa shape index (κ1) is 18.6. The molecule has 9 heteroatoms. The number of aliphatic imine (C=N–C) groups is 1. The van der Waals surface area contributed by atoms with Crippen LogP contribution in [0.1, 0.15) is 21.5 Å². The quantitative estimate of drug-likeness (QED) is 0.805. The Labute approximate surface area is 151 Å². The molecule has 1 aliphatic rings. The van der Waals surface area contributed by atoms with E-state index in [1.165, 1.54) is 42.5 Å². The van der Waals surface area contributed by atoms with Crippen molar-refractivity contribution < 1.29 is 27.2 Å². The summed E-state index contributed by atoms with van der Waals surface area (Å²) >= 11 is 0. The maximum atomic E-state index is 13.9. The molecule has 2 aromatic carbocycles. The van der Waals surface area contributed by atoms with Gasteiger partial charge in [0, 0.05) is 5.56 Å². The molecule has 2 N–H and O–H groups in total. The SMILES string of the molecule is Cc1ccc(C(=O)N[C@@]2(C(F)(F)F)N=C(c3ccccc3F)NC2=O)cc1. The van der Waals surface area contributed by atoms with Gasteiger partial charge in [0.15, 0.2) is 0 Å². The number of amides is 2. The summed E-state index contributed by atoms with van der Waals surface area (Å²) < 4.78 is 55.0. The van der Waals surface area contributed by atoms with Gasteiger partial charge in [-0.1, -0.05) is 29.8 Å². The fourth-order valence-corrected chi connectivity index (χ4v) is 2.51. The monoisotopic (exact) mass is 379 g/mol. The van der Waals surface area contributed by atoms with Crippen LogP contribution in [0.15, 0.2) is 53.5 Å². The molecule has 0 saturated carbocycles. The van der Waals surface area contributed by atoms with Gasteiger partial charge in [-0.3, -0.25) is 9.59 Å². The van der Waals surface area contributed by atoms with Gasteiger partial charge in [-0.25, -0.2) is 9.38 Å². The van der Waals surface area contributed by atoms with Crippen LogP contribution >= 0.6 is 0 Å². The van der Waals surface area contributed by atoms with Crippen molar-refractivity contribution in [2.75, 3.05) is 0 Å². The molecular weight excluding hydrogens is 366 g/mol. The summed E-state index contributed by atoms with van der Waals surface area (Å²) in [5.41, 5.74) is -3.14. The van der Waals surface area contributed by atoms with E-state index in [4.69, 9.17) is 0 Å². The summed E-state index contributed by atoms with van der Waals surface area (Å²) in [6.07, 6.45) is -5.25. The number of hydrogen-bond acceptors (Lipinski definition) is 3. The van der Waals surface area contributed by atoms with Crippen molar-refractivity contribution in [3.05, 3.63) is 71.0 Å². The first-order chi connectivity index (χ1) is 12.6. The fourth-order valence-electron chi connectivity index (χ4n) is 2.51. The molecule has 2 amide bonds. The zero-order chi connectivity index (χ0) is 19.8. The predicted molar refractivity (Wildman–Crippen MR) is 88.5 cm³/mol. The van der Waals surface area contributed by atoms with Crippen LogP contribution < -0.4 is 10.6 Å². The van der Waals surface area contributed by atoms with Gasteiger partial charge in [0.1, 0.15) is 11.7 Å². The molecule has 1 aliphatic heterocycles. The number of halogens is 4. The third-order valence-corrected chi connectivity index (χ3v) is 3.99. The summed E-state index contributed by atoms with van der Waals surface area (Å²) in [5.74, 6) is -4.23. The Morgan fingerprint density at radius 2 is 1.74 bits per heavy atom. The number of aryl methyl sites for hydroxylation is 1. The number of alkyl halides is 3. The summed E-state index contributed by atoms with van der Waals surface area (Å²) in [6.45, 7) is 1.74. The smallest absolute Gasteiger partial charge is 0.312 e. The largest absolute Gasteiger partial charge is 0.442 e. The van der Waals surface area contributed by atoms with Gasteiger partial charge in [0.2, 0.25) is 0 Å². The number of carbonyl (C=O) groups excluding carboxylic acids is 2. The van der Waals surface area contributed by atoms with E-state index in [2.05, 4.69) is 4.99 Å². The van der Waals surface area contributed by atoms with E-state index in [-0.39, 0.29) is 11.1 Å². The summed E-state index contributed by atoms with van der Waals surface area (Å²) in [5, 5.41) is 3.56. The van der Waals surface area contributed by atoms with Crippen molar-refractivity contribution in [2.45, 2.75) is 18.8 Å². The Balaban J connectivity index is 2.03. The number of nitrogens with zero attached hydrogens (tertiary/aromatic N) is 1. The lowest BCUT2D eigenvalue weighted by Gasteiger charge is -2.27. The number of rotatable bonds is 3. The summed E-state index contributed by atoms with van der Waals surface area (Å²) in [7, 11) is 0. The minimum atomic E-state index is -5.25. The van der Waals surface area contributed by atoms with Crippen LogP contribution in [0.2, 0.25) is 0 Å². The molecule has 1 heterocycles. The Morgan fingerprint density at radius 3 is 2.33 bits per heavy atom. The van der Waals surface area contributed by atoms with Crippen molar-refractivity contribution >= 4 is 17.6 Å². The molecule has 0 aliphatic carbocycles.